The molecule has 0 rings (SSSR count). The molecule has 0 aliphatic carbocycles. The van der Waals surface area contributed by atoms with Gasteiger partial charge in [0.25, 0.3) is 0 Å². The third kappa shape index (κ3) is 7.91. The number of nitrogens with two attached hydrogens (primary N) is 1. The molecule has 0 fully saturated rings. The molecule has 16 heavy (non-hydrogen) atoms. The van der Waals surface area contributed by atoms with E-state index in [2.05, 4.69) is 24.1 Å². The van der Waals surface area contributed by atoms with Crippen molar-refractivity contribution < 1.29 is 4.79 Å². The topological polar surface area (TPSA) is 58.4 Å². The van der Waals surface area contributed by atoms with E-state index in [0.717, 1.165) is 19.4 Å². The minimum Gasteiger partial charge on any atom is -0.353 e. The standard InChI is InChI=1S/C11H25N3O.ClH/c1-5-6-10(12)11(15)13-7-8-14(4)9(2)3;/h9-10H,5-8,12H2,1-4H3,(H,13,15);1H. The number of nitrogens with zero attached hydrogens (tertiary/aromatic N) is 1. The van der Waals surface area contributed by atoms with E-state index >= 15 is 0 Å². The molecule has 0 saturated heterocycles. The van der Waals surface area contributed by atoms with Crippen molar-refractivity contribution in [2.24, 2.45) is 5.73 Å². The third-order valence-electron chi connectivity index (χ3n) is 2.58. The van der Waals surface area contributed by atoms with Crippen LogP contribution in [0.1, 0.15) is 33.6 Å². The number of amides is 1. The van der Waals surface area contributed by atoms with Crippen LogP contribution in [-0.2, 0) is 4.79 Å². The van der Waals surface area contributed by atoms with E-state index in [1.165, 1.54) is 0 Å². The summed E-state index contributed by atoms with van der Waals surface area (Å²) < 4.78 is 0. The number of carbonyl (C=O) groups is 1. The minimum absolute atomic E-state index is 0. The number of likely N-dealkylation sites (N-methyl/N-ethyl adjacent to an activating group) is 1. The fourth-order valence-corrected chi connectivity index (χ4v) is 1.19. The summed E-state index contributed by atoms with van der Waals surface area (Å²) in [6.07, 6.45) is 1.70. The normalized spacial score (nSPS) is 12.4. The Bertz CT molecular complexity index is 188. The van der Waals surface area contributed by atoms with Gasteiger partial charge in [0.15, 0.2) is 0 Å². The van der Waals surface area contributed by atoms with Crippen molar-refractivity contribution in [1.29, 1.82) is 0 Å². The molecule has 98 valence electrons. The van der Waals surface area contributed by atoms with Crippen molar-refractivity contribution in [2.45, 2.75) is 45.7 Å². The first-order valence-electron chi connectivity index (χ1n) is 5.72. The molecule has 0 aromatic heterocycles. The zero-order valence-corrected chi connectivity index (χ0v) is 11.6. The van der Waals surface area contributed by atoms with E-state index in [4.69, 9.17) is 5.73 Å². The van der Waals surface area contributed by atoms with Crippen molar-refractivity contribution in [3.05, 3.63) is 0 Å². The maximum absolute atomic E-state index is 11.4. The molecule has 5 heteroatoms. The number of hydrogen-bond donors (Lipinski definition) is 2. The number of hydrogen-bond acceptors (Lipinski definition) is 3. The predicted octanol–water partition coefficient (Wildman–Crippen LogP) is 0.992. The number of rotatable bonds is 7. The molecule has 4 nitrogen and oxygen atoms in total. The van der Waals surface area contributed by atoms with Crippen LogP contribution in [0.4, 0.5) is 0 Å². The van der Waals surface area contributed by atoms with Gasteiger partial charge >= 0.3 is 0 Å². The monoisotopic (exact) mass is 251 g/mol. The van der Waals surface area contributed by atoms with Gasteiger partial charge in [-0.05, 0) is 27.3 Å². The van der Waals surface area contributed by atoms with E-state index in [1.54, 1.807) is 0 Å². The van der Waals surface area contributed by atoms with Crippen LogP contribution in [0.5, 0.6) is 0 Å². The molecule has 0 aliphatic rings. The van der Waals surface area contributed by atoms with Gasteiger partial charge in [-0.2, -0.15) is 0 Å². The van der Waals surface area contributed by atoms with Gasteiger partial charge in [-0.15, -0.1) is 12.4 Å². The first kappa shape index (κ1) is 18.1. The van der Waals surface area contributed by atoms with Crippen LogP contribution in [0.3, 0.4) is 0 Å². The lowest BCUT2D eigenvalue weighted by atomic mass is 10.2. The highest BCUT2D eigenvalue weighted by Crippen LogP contribution is 1.94. The highest BCUT2D eigenvalue weighted by Gasteiger charge is 2.11. The van der Waals surface area contributed by atoms with Crippen LogP contribution < -0.4 is 11.1 Å². The first-order valence-corrected chi connectivity index (χ1v) is 5.72. The summed E-state index contributed by atoms with van der Waals surface area (Å²) in [7, 11) is 2.04. The Morgan fingerprint density at radius 3 is 2.44 bits per heavy atom. The van der Waals surface area contributed by atoms with Gasteiger partial charge < -0.3 is 16.0 Å². The Hall–Kier alpha value is -0.320. The summed E-state index contributed by atoms with van der Waals surface area (Å²) in [5.74, 6) is -0.0333. The number of nitrogens with one attached hydrogen (secondary N) is 1. The summed E-state index contributed by atoms with van der Waals surface area (Å²) in [4.78, 5) is 13.6. The predicted molar refractivity (Wildman–Crippen MR) is 70.9 cm³/mol. The summed E-state index contributed by atoms with van der Waals surface area (Å²) in [6.45, 7) is 7.82. The van der Waals surface area contributed by atoms with Gasteiger partial charge in [-0.25, -0.2) is 0 Å². The van der Waals surface area contributed by atoms with Crippen LogP contribution in [-0.4, -0.2) is 43.0 Å². The van der Waals surface area contributed by atoms with Crippen LogP contribution in [0.25, 0.3) is 0 Å². The Morgan fingerprint density at radius 2 is 2.00 bits per heavy atom. The fourth-order valence-electron chi connectivity index (χ4n) is 1.19. The molecular formula is C11H26ClN3O. The van der Waals surface area contributed by atoms with E-state index in [9.17, 15) is 4.79 Å². The molecule has 3 N–H and O–H groups in total. The van der Waals surface area contributed by atoms with Gasteiger partial charge in [0, 0.05) is 19.1 Å². The number of halogens is 1. The summed E-state index contributed by atoms with van der Waals surface area (Å²) in [5, 5.41) is 2.85. The highest BCUT2D eigenvalue weighted by atomic mass is 35.5. The summed E-state index contributed by atoms with van der Waals surface area (Å²) in [5.41, 5.74) is 5.68. The largest absolute Gasteiger partial charge is 0.353 e. The quantitative estimate of drug-likeness (QED) is 0.710. The second-order valence-electron chi connectivity index (χ2n) is 4.26. The third-order valence-corrected chi connectivity index (χ3v) is 2.58. The zero-order chi connectivity index (χ0) is 11.8. The average Bonchev–Trinajstić information content (AvgIpc) is 2.17. The average molecular weight is 252 g/mol. The second kappa shape index (κ2) is 9.87. The first-order chi connectivity index (χ1) is 6.99. The van der Waals surface area contributed by atoms with Crippen molar-refractivity contribution in [2.75, 3.05) is 20.1 Å². The summed E-state index contributed by atoms with van der Waals surface area (Å²) >= 11 is 0. The molecule has 0 saturated carbocycles. The Balaban J connectivity index is 0. The highest BCUT2D eigenvalue weighted by molar-refractivity contribution is 5.85. The molecule has 0 radical (unpaired) electrons. The molecule has 0 heterocycles. The molecule has 0 aliphatic heterocycles. The van der Waals surface area contributed by atoms with E-state index in [1.807, 2.05) is 14.0 Å². The maximum atomic E-state index is 11.4. The lowest BCUT2D eigenvalue weighted by Gasteiger charge is -2.21. The maximum Gasteiger partial charge on any atom is 0.236 e. The van der Waals surface area contributed by atoms with Gasteiger partial charge in [-0.1, -0.05) is 13.3 Å². The van der Waals surface area contributed by atoms with Gasteiger partial charge in [-0.3, -0.25) is 4.79 Å². The van der Waals surface area contributed by atoms with Gasteiger partial charge in [0.1, 0.15) is 0 Å². The Kier molecular flexibility index (Phi) is 11.1. The van der Waals surface area contributed by atoms with Crippen molar-refractivity contribution in [3.63, 3.8) is 0 Å². The molecule has 0 bridgehead atoms. The van der Waals surface area contributed by atoms with Crippen molar-refractivity contribution >= 4 is 18.3 Å². The fraction of sp³-hybridized carbons (Fsp3) is 0.909. The van der Waals surface area contributed by atoms with Crippen molar-refractivity contribution in [3.8, 4) is 0 Å². The second-order valence-corrected chi connectivity index (χ2v) is 4.26. The summed E-state index contributed by atoms with van der Waals surface area (Å²) in [6, 6.07) is 0.158. The zero-order valence-electron chi connectivity index (χ0n) is 10.8. The van der Waals surface area contributed by atoms with E-state index in [0.29, 0.717) is 12.6 Å². The SMILES string of the molecule is CCCC(N)C(=O)NCCN(C)C(C)C.Cl. The Labute approximate surface area is 105 Å². The smallest absolute Gasteiger partial charge is 0.236 e. The molecule has 1 atom stereocenters. The minimum atomic E-state index is -0.348. The molecule has 1 amide bonds. The number of carbonyl (C=O) groups excluding carboxylic acids is 1. The van der Waals surface area contributed by atoms with Crippen LogP contribution >= 0.6 is 12.4 Å². The molecule has 0 aromatic rings. The van der Waals surface area contributed by atoms with Gasteiger partial charge in [0.2, 0.25) is 5.91 Å². The lowest BCUT2D eigenvalue weighted by molar-refractivity contribution is -0.122. The molecule has 0 aromatic carbocycles. The molecule has 0 spiro atoms. The molecule has 1 unspecified atom stereocenters. The molecular weight excluding hydrogens is 226 g/mol. The van der Waals surface area contributed by atoms with Crippen LogP contribution in [0, 0.1) is 0 Å². The van der Waals surface area contributed by atoms with Gasteiger partial charge in [0.05, 0.1) is 6.04 Å². The Morgan fingerprint density at radius 1 is 1.44 bits per heavy atom. The van der Waals surface area contributed by atoms with Crippen LogP contribution in [0.2, 0.25) is 0 Å². The van der Waals surface area contributed by atoms with E-state index < -0.39 is 0 Å². The van der Waals surface area contributed by atoms with Crippen LogP contribution in [0.15, 0.2) is 0 Å². The lowest BCUT2D eigenvalue weighted by Crippen LogP contribution is -2.43. The van der Waals surface area contributed by atoms with Crippen molar-refractivity contribution in [1.82, 2.24) is 10.2 Å². The van der Waals surface area contributed by atoms with E-state index in [-0.39, 0.29) is 24.4 Å².